The van der Waals surface area contributed by atoms with E-state index in [-0.39, 0.29) is 0 Å². The van der Waals surface area contributed by atoms with Gasteiger partial charge in [0.05, 0.1) is 0 Å². The van der Waals surface area contributed by atoms with E-state index >= 15 is 0 Å². The molecule has 0 aliphatic carbocycles. The second-order valence-electron chi connectivity index (χ2n) is 1.87. The van der Waals surface area contributed by atoms with E-state index in [1.165, 1.54) is 0 Å². The van der Waals surface area contributed by atoms with Gasteiger partial charge in [0.2, 0.25) is 0 Å². The summed E-state index contributed by atoms with van der Waals surface area (Å²) in [7, 11) is 0. The van der Waals surface area contributed by atoms with Crippen molar-refractivity contribution in [3.05, 3.63) is 33.8 Å². The zero-order chi connectivity index (χ0) is 7.56. The van der Waals surface area contributed by atoms with Gasteiger partial charge in [-0.2, -0.15) is 0 Å². The van der Waals surface area contributed by atoms with E-state index in [9.17, 15) is 0 Å². The highest BCUT2D eigenvalue weighted by Crippen LogP contribution is 2.22. The lowest BCUT2D eigenvalue weighted by molar-refractivity contribution is 1.46. The summed E-state index contributed by atoms with van der Waals surface area (Å²) in [6.45, 7) is 0. The molecule has 0 saturated heterocycles. The third-order valence-electron chi connectivity index (χ3n) is 1.15. The first kappa shape index (κ1) is 8.62. The molecule has 0 fully saturated rings. The van der Waals surface area contributed by atoms with Crippen molar-refractivity contribution in [2.24, 2.45) is 0 Å². The Balaban J connectivity index is 3.09. The van der Waals surface area contributed by atoms with E-state index in [4.69, 9.17) is 23.2 Å². The minimum Gasteiger partial charge on any atom is -0.0843 e. The fourth-order valence-electron chi connectivity index (χ4n) is 0.646. The van der Waals surface area contributed by atoms with Crippen molar-refractivity contribution in [3.63, 3.8) is 0 Å². The zero-order valence-electron chi connectivity index (χ0n) is 5.07. The summed E-state index contributed by atoms with van der Waals surface area (Å²) in [6, 6.07) is 5.49. The first-order valence-electron chi connectivity index (χ1n) is 2.74. The Kier molecular flexibility index (Phi) is 3.27. The lowest BCUT2D eigenvalue weighted by Gasteiger charge is -1.98. The van der Waals surface area contributed by atoms with Gasteiger partial charge in [0.1, 0.15) is 0 Å². The van der Waals surface area contributed by atoms with Crippen molar-refractivity contribution in [1.29, 1.82) is 0 Å². The average Bonchev–Trinajstić information content (AvgIpc) is 1.94. The molecule has 0 N–H and O–H groups in total. The van der Waals surface area contributed by atoms with Crippen LogP contribution >= 0.6 is 45.8 Å². The van der Waals surface area contributed by atoms with Crippen molar-refractivity contribution in [1.82, 2.24) is 0 Å². The Morgan fingerprint density at radius 3 is 2.50 bits per heavy atom. The molecule has 0 amide bonds. The number of rotatable bonds is 1. The minimum absolute atomic E-state index is 0.746. The van der Waals surface area contributed by atoms with Gasteiger partial charge in [-0.1, -0.05) is 45.8 Å². The largest absolute Gasteiger partial charge is 0.0843 e. The van der Waals surface area contributed by atoms with Crippen LogP contribution < -0.4 is 0 Å². The number of halogens is 3. The molecule has 0 nitrogen and oxygen atoms in total. The van der Waals surface area contributed by atoms with E-state index in [0.717, 1.165) is 20.0 Å². The molecule has 0 aliphatic heterocycles. The van der Waals surface area contributed by atoms with E-state index in [2.05, 4.69) is 22.6 Å². The molecular formula is C7H5Cl2I. The molecule has 0 aromatic heterocycles. The Labute approximate surface area is 83.7 Å². The Morgan fingerprint density at radius 1 is 1.30 bits per heavy atom. The van der Waals surface area contributed by atoms with Crippen LogP contribution in [0.4, 0.5) is 0 Å². The summed E-state index contributed by atoms with van der Waals surface area (Å²) in [6.07, 6.45) is 0. The zero-order valence-corrected chi connectivity index (χ0v) is 8.74. The normalized spacial score (nSPS) is 9.90. The number of hydrogen-bond acceptors (Lipinski definition) is 0. The fraction of sp³-hybridized carbons (Fsp3) is 0.143. The molecule has 54 valence electrons. The van der Waals surface area contributed by atoms with Crippen molar-refractivity contribution < 1.29 is 0 Å². The molecule has 0 unspecified atom stereocenters. The highest BCUT2D eigenvalue weighted by Gasteiger charge is 1.97. The van der Waals surface area contributed by atoms with Crippen molar-refractivity contribution in [2.45, 2.75) is 4.43 Å². The molecule has 10 heavy (non-hydrogen) atoms. The van der Waals surface area contributed by atoms with Crippen LogP contribution in [0, 0.1) is 0 Å². The van der Waals surface area contributed by atoms with Gasteiger partial charge in [0.25, 0.3) is 0 Å². The van der Waals surface area contributed by atoms with Gasteiger partial charge in [-0.25, -0.2) is 0 Å². The monoisotopic (exact) mass is 286 g/mol. The van der Waals surface area contributed by atoms with Gasteiger partial charge >= 0.3 is 0 Å². The van der Waals surface area contributed by atoms with Crippen LogP contribution in [0.5, 0.6) is 0 Å². The maximum Gasteiger partial charge on any atom is 0.0446 e. The summed E-state index contributed by atoms with van der Waals surface area (Å²) >= 11 is 13.8. The molecule has 0 spiro atoms. The van der Waals surface area contributed by atoms with Gasteiger partial charge in [-0.15, -0.1) is 0 Å². The van der Waals surface area contributed by atoms with Gasteiger partial charge in [0, 0.05) is 14.5 Å². The topological polar surface area (TPSA) is 0 Å². The number of alkyl halides is 1. The van der Waals surface area contributed by atoms with Crippen LogP contribution in [-0.2, 0) is 4.43 Å². The molecule has 1 rings (SSSR count). The van der Waals surface area contributed by atoms with Crippen LogP contribution in [0.25, 0.3) is 0 Å². The Morgan fingerprint density at radius 2 is 2.00 bits per heavy atom. The molecule has 0 saturated carbocycles. The highest BCUT2D eigenvalue weighted by molar-refractivity contribution is 14.1. The lowest BCUT2D eigenvalue weighted by atomic mass is 10.2. The van der Waals surface area contributed by atoms with Crippen LogP contribution in [0.15, 0.2) is 18.2 Å². The molecule has 0 bridgehead atoms. The quantitative estimate of drug-likeness (QED) is 0.542. The maximum absolute atomic E-state index is 5.83. The first-order chi connectivity index (χ1) is 4.74. The van der Waals surface area contributed by atoms with E-state index in [0.29, 0.717) is 0 Å². The van der Waals surface area contributed by atoms with E-state index in [1.807, 2.05) is 12.1 Å². The molecule has 0 aliphatic rings. The average molecular weight is 287 g/mol. The first-order valence-corrected chi connectivity index (χ1v) is 5.02. The predicted molar refractivity (Wildman–Crippen MR) is 54.2 cm³/mol. The fourth-order valence-corrected chi connectivity index (χ4v) is 1.88. The number of hydrogen-bond donors (Lipinski definition) is 0. The van der Waals surface area contributed by atoms with Crippen LogP contribution in [0.1, 0.15) is 5.56 Å². The maximum atomic E-state index is 5.83. The molecule has 3 heteroatoms. The third kappa shape index (κ3) is 2.01. The molecule has 0 radical (unpaired) electrons. The van der Waals surface area contributed by atoms with Crippen LogP contribution in [0.2, 0.25) is 10.0 Å². The van der Waals surface area contributed by atoms with Crippen LogP contribution in [0.3, 0.4) is 0 Å². The minimum atomic E-state index is 0.746. The Hall–Kier alpha value is 0.530. The molecule has 1 aromatic rings. The van der Waals surface area contributed by atoms with Crippen molar-refractivity contribution >= 4 is 45.8 Å². The predicted octanol–water partition coefficient (Wildman–Crippen LogP) is 3.93. The smallest absolute Gasteiger partial charge is 0.0446 e. The van der Waals surface area contributed by atoms with Crippen molar-refractivity contribution in [3.8, 4) is 0 Å². The molecular weight excluding hydrogens is 282 g/mol. The number of benzene rings is 1. The summed E-state index contributed by atoms with van der Waals surface area (Å²) < 4.78 is 0.900. The molecule has 1 aromatic carbocycles. The lowest BCUT2D eigenvalue weighted by Crippen LogP contribution is -1.77. The molecule has 0 heterocycles. The van der Waals surface area contributed by atoms with Crippen LogP contribution in [-0.4, -0.2) is 0 Å². The van der Waals surface area contributed by atoms with Crippen molar-refractivity contribution in [2.75, 3.05) is 0 Å². The summed E-state index contributed by atoms with van der Waals surface area (Å²) in [4.78, 5) is 0. The summed E-state index contributed by atoms with van der Waals surface area (Å²) in [5, 5.41) is 1.54. The summed E-state index contributed by atoms with van der Waals surface area (Å²) in [5.41, 5.74) is 1.09. The van der Waals surface area contributed by atoms with E-state index < -0.39 is 0 Å². The second kappa shape index (κ2) is 3.79. The third-order valence-corrected chi connectivity index (χ3v) is 2.58. The second-order valence-corrected chi connectivity index (χ2v) is 3.48. The standard InChI is InChI=1S/C7H5Cl2I/c8-6-1-2-7(9)5(3-6)4-10/h1-3H,4H2. The van der Waals surface area contributed by atoms with Gasteiger partial charge in [0.15, 0.2) is 0 Å². The van der Waals surface area contributed by atoms with Gasteiger partial charge < -0.3 is 0 Å². The Bertz CT molecular complexity index is 235. The van der Waals surface area contributed by atoms with E-state index in [1.54, 1.807) is 6.07 Å². The molecule has 0 atom stereocenters. The van der Waals surface area contributed by atoms with Gasteiger partial charge in [-0.05, 0) is 23.8 Å². The highest BCUT2D eigenvalue weighted by atomic mass is 127. The van der Waals surface area contributed by atoms with Gasteiger partial charge in [-0.3, -0.25) is 0 Å². The SMILES string of the molecule is Clc1ccc(Cl)c(CI)c1. The summed E-state index contributed by atoms with van der Waals surface area (Å²) in [5.74, 6) is 0.